The molecule has 0 aromatic heterocycles. The molecule has 1 aromatic carbocycles. The van der Waals surface area contributed by atoms with Gasteiger partial charge in [0.2, 0.25) is 0 Å². The van der Waals surface area contributed by atoms with E-state index < -0.39 is 0 Å². The predicted molar refractivity (Wildman–Crippen MR) is 74.9 cm³/mol. The number of rotatable bonds is 9. The van der Waals surface area contributed by atoms with E-state index in [4.69, 9.17) is 9.47 Å². The van der Waals surface area contributed by atoms with Gasteiger partial charge < -0.3 is 14.8 Å². The summed E-state index contributed by atoms with van der Waals surface area (Å²) in [6.45, 7) is 7.25. The van der Waals surface area contributed by atoms with Crippen LogP contribution in [0.5, 0.6) is 5.75 Å². The maximum Gasteiger partial charge on any atom is 0.165 e. The summed E-state index contributed by atoms with van der Waals surface area (Å²) in [5.74, 6) is 0.631. The number of hydrogen-bond acceptors (Lipinski definition) is 3. The third kappa shape index (κ3) is 6.55. The molecule has 1 N–H and O–H groups in total. The minimum Gasteiger partial charge on any atom is -0.494 e. The van der Waals surface area contributed by atoms with Crippen molar-refractivity contribution in [1.29, 1.82) is 0 Å². The number of methoxy groups -OCH3 is 1. The predicted octanol–water partition coefficient (Wildman–Crippen LogP) is 2.99. The van der Waals surface area contributed by atoms with Gasteiger partial charge in [0.25, 0.3) is 0 Å². The van der Waals surface area contributed by atoms with Crippen molar-refractivity contribution in [2.45, 2.75) is 26.8 Å². The van der Waals surface area contributed by atoms with Crippen molar-refractivity contribution in [1.82, 2.24) is 5.32 Å². The number of halogens is 1. The lowest BCUT2D eigenvalue weighted by atomic mass is 10.1. The molecule has 0 amide bonds. The fourth-order valence-corrected chi connectivity index (χ4v) is 1.62. The molecule has 3 nitrogen and oxygen atoms in total. The molecule has 0 saturated carbocycles. The van der Waals surface area contributed by atoms with E-state index in [-0.39, 0.29) is 11.6 Å². The second-order valence-electron chi connectivity index (χ2n) is 4.94. The molecule has 108 valence electrons. The van der Waals surface area contributed by atoms with Gasteiger partial charge in [-0.2, -0.15) is 0 Å². The fraction of sp³-hybridized carbons (Fsp3) is 0.600. The molecule has 4 heteroatoms. The summed E-state index contributed by atoms with van der Waals surface area (Å²) in [6.07, 6.45) is 1.09. The molecule has 0 atom stereocenters. The van der Waals surface area contributed by atoms with E-state index >= 15 is 0 Å². The average Bonchev–Trinajstić information content (AvgIpc) is 2.37. The van der Waals surface area contributed by atoms with Gasteiger partial charge in [0.15, 0.2) is 11.6 Å². The first-order valence-electron chi connectivity index (χ1n) is 6.74. The van der Waals surface area contributed by atoms with Crippen LogP contribution in [-0.4, -0.2) is 26.9 Å². The first-order valence-corrected chi connectivity index (χ1v) is 6.74. The van der Waals surface area contributed by atoms with Crippen LogP contribution in [0.4, 0.5) is 4.39 Å². The molecule has 19 heavy (non-hydrogen) atoms. The summed E-state index contributed by atoms with van der Waals surface area (Å²) >= 11 is 0. The molecule has 0 aliphatic carbocycles. The van der Waals surface area contributed by atoms with Gasteiger partial charge in [0.05, 0.1) is 13.7 Å². The molecule has 0 fully saturated rings. The van der Waals surface area contributed by atoms with Gasteiger partial charge in [0, 0.05) is 19.7 Å². The monoisotopic (exact) mass is 269 g/mol. The molecular formula is C15H24FNO2. The highest BCUT2D eigenvalue weighted by Crippen LogP contribution is 2.17. The van der Waals surface area contributed by atoms with Crippen LogP contribution in [0, 0.1) is 11.7 Å². The maximum atomic E-state index is 13.4. The lowest BCUT2D eigenvalue weighted by molar-refractivity contribution is 0.125. The van der Waals surface area contributed by atoms with Crippen LogP contribution in [-0.2, 0) is 11.3 Å². The SMILES string of the molecule is COc1ccc(CNCCOCCC(C)C)cc1F. The van der Waals surface area contributed by atoms with Crippen molar-refractivity contribution in [2.75, 3.05) is 26.9 Å². The second kappa shape index (κ2) is 8.88. The Labute approximate surface area is 115 Å². The molecule has 0 heterocycles. The molecule has 0 saturated heterocycles. The van der Waals surface area contributed by atoms with E-state index in [2.05, 4.69) is 19.2 Å². The standard InChI is InChI=1S/C15H24FNO2/c1-12(2)6-8-19-9-7-17-11-13-4-5-15(18-3)14(16)10-13/h4-5,10,12,17H,6-9,11H2,1-3H3. The first-order chi connectivity index (χ1) is 9.13. The Morgan fingerprint density at radius 1 is 1.26 bits per heavy atom. The Morgan fingerprint density at radius 3 is 2.68 bits per heavy atom. The molecule has 1 rings (SSSR count). The van der Waals surface area contributed by atoms with E-state index in [1.54, 1.807) is 6.07 Å². The molecule has 0 aliphatic heterocycles. The van der Waals surface area contributed by atoms with E-state index in [1.807, 2.05) is 6.07 Å². The molecule has 1 aromatic rings. The van der Waals surface area contributed by atoms with Crippen molar-refractivity contribution in [2.24, 2.45) is 5.92 Å². The largest absolute Gasteiger partial charge is 0.494 e. The molecule has 0 spiro atoms. The van der Waals surface area contributed by atoms with Crippen molar-refractivity contribution in [3.8, 4) is 5.75 Å². The van der Waals surface area contributed by atoms with Crippen molar-refractivity contribution < 1.29 is 13.9 Å². The van der Waals surface area contributed by atoms with Crippen molar-refractivity contribution in [3.05, 3.63) is 29.6 Å². The van der Waals surface area contributed by atoms with Gasteiger partial charge in [-0.25, -0.2) is 4.39 Å². The number of benzene rings is 1. The van der Waals surface area contributed by atoms with Crippen LogP contribution in [0.15, 0.2) is 18.2 Å². The summed E-state index contributed by atoms with van der Waals surface area (Å²) in [6, 6.07) is 4.99. The molecule has 0 radical (unpaired) electrons. The number of hydrogen-bond donors (Lipinski definition) is 1. The Hall–Kier alpha value is -1.13. The minimum atomic E-state index is -0.324. The maximum absolute atomic E-state index is 13.4. The van der Waals surface area contributed by atoms with Crippen LogP contribution in [0.25, 0.3) is 0 Å². The lowest BCUT2D eigenvalue weighted by Gasteiger charge is -2.08. The zero-order valence-electron chi connectivity index (χ0n) is 12.0. The topological polar surface area (TPSA) is 30.5 Å². The second-order valence-corrected chi connectivity index (χ2v) is 4.94. The summed E-state index contributed by atoms with van der Waals surface area (Å²) in [4.78, 5) is 0. The van der Waals surface area contributed by atoms with Crippen LogP contribution in [0.3, 0.4) is 0 Å². The number of ether oxygens (including phenoxy) is 2. The molecular weight excluding hydrogens is 245 g/mol. The summed E-state index contributed by atoms with van der Waals surface area (Å²) in [5.41, 5.74) is 0.903. The Balaban J connectivity index is 2.14. The molecule has 0 aliphatic rings. The summed E-state index contributed by atoms with van der Waals surface area (Å²) < 4.78 is 23.8. The summed E-state index contributed by atoms with van der Waals surface area (Å²) in [7, 11) is 1.46. The van der Waals surface area contributed by atoms with Crippen molar-refractivity contribution >= 4 is 0 Å². The van der Waals surface area contributed by atoms with Gasteiger partial charge in [-0.15, -0.1) is 0 Å². The van der Waals surface area contributed by atoms with Crippen LogP contribution in [0.1, 0.15) is 25.8 Å². The van der Waals surface area contributed by atoms with Gasteiger partial charge in [-0.1, -0.05) is 19.9 Å². The van der Waals surface area contributed by atoms with E-state index in [0.29, 0.717) is 19.1 Å². The van der Waals surface area contributed by atoms with Crippen LogP contribution >= 0.6 is 0 Å². The summed E-state index contributed by atoms with van der Waals surface area (Å²) in [5, 5.41) is 3.22. The highest BCUT2D eigenvalue weighted by molar-refractivity contribution is 5.29. The van der Waals surface area contributed by atoms with Crippen LogP contribution in [0.2, 0.25) is 0 Å². The van der Waals surface area contributed by atoms with Gasteiger partial charge in [0.1, 0.15) is 0 Å². The quantitative estimate of drug-likeness (QED) is 0.699. The van der Waals surface area contributed by atoms with Crippen LogP contribution < -0.4 is 10.1 Å². The van der Waals surface area contributed by atoms with E-state index in [0.717, 1.165) is 25.1 Å². The van der Waals surface area contributed by atoms with Gasteiger partial charge in [-0.05, 0) is 30.0 Å². The first kappa shape index (κ1) is 15.9. The normalized spacial score (nSPS) is 11.0. The highest BCUT2D eigenvalue weighted by Gasteiger charge is 2.02. The highest BCUT2D eigenvalue weighted by atomic mass is 19.1. The Kier molecular flexibility index (Phi) is 7.45. The minimum absolute atomic E-state index is 0.278. The average molecular weight is 269 g/mol. The lowest BCUT2D eigenvalue weighted by Crippen LogP contribution is -2.19. The molecule has 0 unspecified atom stereocenters. The smallest absolute Gasteiger partial charge is 0.165 e. The zero-order chi connectivity index (χ0) is 14.1. The van der Waals surface area contributed by atoms with Gasteiger partial charge >= 0.3 is 0 Å². The van der Waals surface area contributed by atoms with E-state index in [1.165, 1.54) is 13.2 Å². The number of nitrogens with one attached hydrogen (secondary N) is 1. The Bertz CT molecular complexity index is 369. The van der Waals surface area contributed by atoms with Crippen molar-refractivity contribution in [3.63, 3.8) is 0 Å². The fourth-order valence-electron chi connectivity index (χ4n) is 1.62. The third-order valence-electron chi connectivity index (χ3n) is 2.81. The zero-order valence-corrected chi connectivity index (χ0v) is 12.0. The van der Waals surface area contributed by atoms with E-state index in [9.17, 15) is 4.39 Å². The Morgan fingerprint density at radius 2 is 2.05 bits per heavy atom. The molecule has 0 bridgehead atoms. The van der Waals surface area contributed by atoms with Gasteiger partial charge in [-0.3, -0.25) is 0 Å². The third-order valence-corrected chi connectivity index (χ3v) is 2.81.